The van der Waals surface area contributed by atoms with Crippen molar-refractivity contribution in [1.82, 2.24) is 15.1 Å². The Morgan fingerprint density at radius 1 is 0.967 bits per heavy atom. The van der Waals surface area contributed by atoms with Gasteiger partial charge in [-0.15, -0.1) is 0 Å². The maximum absolute atomic E-state index is 12.3. The van der Waals surface area contributed by atoms with Gasteiger partial charge in [-0.3, -0.25) is 14.5 Å². The SMILES string of the molecule is C[C@H]1C[C@H](C)CN(Cc2ccc(CNC(=O)CN(C)C(=O)c3ccccc3)cc2)C1. The Hall–Kier alpha value is -2.66. The van der Waals surface area contributed by atoms with Gasteiger partial charge in [0.25, 0.3) is 5.91 Å². The van der Waals surface area contributed by atoms with Crippen molar-refractivity contribution in [2.45, 2.75) is 33.4 Å². The Balaban J connectivity index is 1.44. The first-order valence-corrected chi connectivity index (χ1v) is 10.8. The highest BCUT2D eigenvalue weighted by Gasteiger charge is 2.21. The molecule has 1 heterocycles. The van der Waals surface area contributed by atoms with E-state index in [0.717, 1.165) is 37.0 Å². The Kier molecular flexibility index (Phi) is 7.63. The van der Waals surface area contributed by atoms with E-state index in [4.69, 9.17) is 0 Å². The van der Waals surface area contributed by atoms with Crippen molar-refractivity contribution in [3.05, 3.63) is 71.3 Å². The Bertz CT molecular complexity index is 825. The van der Waals surface area contributed by atoms with E-state index < -0.39 is 0 Å². The fourth-order valence-electron chi connectivity index (χ4n) is 4.29. The van der Waals surface area contributed by atoms with E-state index in [9.17, 15) is 9.59 Å². The van der Waals surface area contributed by atoms with Gasteiger partial charge in [-0.2, -0.15) is 0 Å². The molecule has 2 amide bonds. The van der Waals surface area contributed by atoms with Gasteiger partial charge in [0.2, 0.25) is 5.91 Å². The number of likely N-dealkylation sites (tertiary alicyclic amines) is 1. The van der Waals surface area contributed by atoms with E-state index in [2.05, 4.69) is 48.3 Å². The number of amides is 2. The molecule has 2 atom stereocenters. The number of benzene rings is 2. The lowest BCUT2D eigenvalue weighted by molar-refractivity contribution is -0.121. The van der Waals surface area contributed by atoms with Crippen LogP contribution in [0.15, 0.2) is 54.6 Å². The van der Waals surface area contributed by atoms with Gasteiger partial charge >= 0.3 is 0 Å². The maximum atomic E-state index is 12.3. The molecule has 0 saturated carbocycles. The Labute approximate surface area is 180 Å². The fourth-order valence-corrected chi connectivity index (χ4v) is 4.29. The second-order valence-corrected chi connectivity index (χ2v) is 8.76. The first-order chi connectivity index (χ1) is 14.4. The molecule has 2 aromatic carbocycles. The highest BCUT2D eigenvalue weighted by Crippen LogP contribution is 2.22. The van der Waals surface area contributed by atoms with Gasteiger partial charge in [-0.05, 0) is 41.5 Å². The normalized spacial score (nSPS) is 19.3. The highest BCUT2D eigenvalue weighted by molar-refractivity contribution is 5.96. The quantitative estimate of drug-likeness (QED) is 0.764. The van der Waals surface area contributed by atoms with Crippen molar-refractivity contribution < 1.29 is 9.59 Å². The molecule has 3 rings (SSSR count). The third kappa shape index (κ3) is 6.42. The van der Waals surface area contributed by atoms with Gasteiger partial charge in [0.05, 0.1) is 6.54 Å². The van der Waals surface area contributed by atoms with Crippen LogP contribution in [0.4, 0.5) is 0 Å². The predicted octanol–water partition coefficient (Wildman–Crippen LogP) is 3.55. The average Bonchev–Trinajstić information content (AvgIpc) is 2.72. The summed E-state index contributed by atoms with van der Waals surface area (Å²) in [6, 6.07) is 17.5. The zero-order valence-electron chi connectivity index (χ0n) is 18.3. The summed E-state index contributed by atoms with van der Waals surface area (Å²) >= 11 is 0. The van der Waals surface area contributed by atoms with E-state index in [1.54, 1.807) is 19.2 Å². The van der Waals surface area contributed by atoms with E-state index in [1.807, 2.05) is 18.2 Å². The highest BCUT2D eigenvalue weighted by atomic mass is 16.2. The summed E-state index contributed by atoms with van der Waals surface area (Å²) in [7, 11) is 1.64. The molecular weight excluding hydrogens is 374 g/mol. The molecule has 5 heteroatoms. The van der Waals surface area contributed by atoms with Crippen LogP contribution >= 0.6 is 0 Å². The topological polar surface area (TPSA) is 52.7 Å². The molecule has 0 radical (unpaired) electrons. The molecule has 1 N–H and O–H groups in total. The lowest BCUT2D eigenvalue weighted by Gasteiger charge is -2.35. The molecule has 160 valence electrons. The lowest BCUT2D eigenvalue weighted by Crippen LogP contribution is -2.38. The first-order valence-electron chi connectivity index (χ1n) is 10.8. The van der Waals surface area contributed by atoms with Crippen molar-refractivity contribution in [3.8, 4) is 0 Å². The smallest absolute Gasteiger partial charge is 0.254 e. The second-order valence-electron chi connectivity index (χ2n) is 8.76. The van der Waals surface area contributed by atoms with Gasteiger partial charge < -0.3 is 10.2 Å². The molecule has 0 aromatic heterocycles. The molecule has 5 nitrogen and oxygen atoms in total. The number of nitrogens with zero attached hydrogens (tertiary/aromatic N) is 2. The summed E-state index contributed by atoms with van der Waals surface area (Å²) in [5, 5.41) is 2.91. The zero-order valence-corrected chi connectivity index (χ0v) is 18.3. The number of hydrogen-bond acceptors (Lipinski definition) is 3. The summed E-state index contributed by atoms with van der Waals surface area (Å²) in [6.45, 7) is 8.47. The summed E-state index contributed by atoms with van der Waals surface area (Å²) < 4.78 is 0. The van der Waals surface area contributed by atoms with Crippen LogP contribution in [0.1, 0.15) is 41.8 Å². The van der Waals surface area contributed by atoms with Crippen LogP contribution in [-0.2, 0) is 17.9 Å². The third-order valence-electron chi connectivity index (χ3n) is 5.61. The van der Waals surface area contributed by atoms with Gasteiger partial charge in [0, 0.05) is 38.8 Å². The molecule has 1 aliphatic heterocycles. The monoisotopic (exact) mass is 407 g/mol. The predicted molar refractivity (Wildman–Crippen MR) is 120 cm³/mol. The number of carbonyl (C=O) groups is 2. The molecular formula is C25H33N3O2. The summed E-state index contributed by atoms with van der Waals surface area (Å²) in [5.74, 6) is 1.20. The minimum absolute atomic E-state index is 0.0388. The van der Waals surface area contributed by atoms with Crippen molar-refractivity contribution in [2.24, 2.45) is 11.8 Å². The fraction of sp³-hybridized carbons (Fsp3) is 0.440. The number of piperidine rings is 1. The van der Waals surface area contributed by atoms with E-state index in [0.29, 0.717) is 12.1 Å². The summed E-state index contributed by atoms with van der Waals surface area (Å²) in [4.78, 5) is 28.6. The molecule has 0 spiro atoms. The zero-order chi connectivity index (χ0) is 21.5. The summed E-state index contributed by atoms with van der Waals surface area (Å²) in [6.07, 6.45) is 1.32. The largest absolute Gasteiger partial charge is 0.350 e. The van der Waals surface area contributed by atoms with Gasteiger partial charge in [-0.25, -0.2) is 0 Å². The molecule has 1 saturated heterocycles. The van der Waals surface area contributed by atoms with Gasteiger partial charge in [0.15, 0.2) is 0 Å². The molecule has 0 bridgehead atoms. The van der Waals surface area contributed by atoms with Crippen LogP contribution in [0.25, 0.3) is 0 Å². The standard InChI is InChI=1S/C25H33N3O2/c1-19-13-20(2)16-28(15-19)17-22-11-9-21(10-12-22)14-26-24(29)18-27(3)25(30)23-7-5-4-6-8-23/h4-12,19-20H,13-18H2,1-3H3,(H,26,29)/t19-,20-/m0/s1. The van der Waals surface area contributed by atoms with E-state index in [-0.39, 0.29) is 18.4 Å². The van der Waals surface area contributed by atoms with Crippen LogP contribution in [0.5, 0.6) is 0 Å². The number of likely N-dealkylation sites (N-methyl/N-ethyl adjacent to an activating group) is 1. The number of nitrogens with one attached hydrogen (secondary N) is 1. The van der Waals surface area contributed by atoms with Crippen LogP contribution in [0.3, 0.4) is 0 Å². The maximum Gasteiger partial charge on any atom is 0.254 e. The van der Waals surface area contributed by atoms with Crippen molar-refractivity contribution in [3.63, 3.8) is 0 Å². The molecule has 0 unspecified atom stereocenters. The molecule has 2 aromatic rings. The molecule has 1 fully saturated rings. The van der Waals surface area contributed by atoms with E-state index in [1.165, 1.54) is 16.9 Å². The third-order valence-corrected chi connectivity index (χ3v) is 5.61. The lowest BCUT2D eigenvalue weighted by atomic mass is 9.91. The number of rotatable bonds is 7. The Morgan fingerprint density at radius 3 is 2.20 bits per heavy atom. The number of hydrogen-bond donors (Lipinski definition) is 1. The molecule has 1 aliphatic rings. The molecule has 30 heavy (non-hydrogen) atoms. The second kappa shape index (κ2) is 10.4. The minimum Gasteiger partial charge on any atom is -0.350 e. The van der Waals surface area contributed by atoms with E-state index >= 15 is 0 Å². The van der Waals surface area contributed by atoms with Crippen LogP contribution in [0.2, 0.25) is 0 Å². The van der Waals surface area contributed by atoms with Crippen LogP contribution in [0, 0.1) is 11.8 Å². The van der Waals surface area contributed by atoms with Crippen LogP contribution in [-0.4, -0.2) is 48.3 Å². The van der Waals surface area contributed by atoms with Crippen molar-refractivity contribution >= 4 is 11.8 Å². The first kappa shape index (κ1) is 22.0. The number of carbonyl (C=O) groups excluding carboxylic acids is 2. The average molecular weight is 408 g/mol. The van der Waals surface area contributed by atoms with Gasteiger partial charge in [-0.1, -0.05) is 56.3 Å². The van der Waals surface area contributed by atoms with Crippen molar-refractivity contribution in [1.29, 1.82) is 0 Å². The molecule has 0 aliphatic carbocycles. The summed E-state index contributed by atoms with van der Waals surface area (Å²) in [5.41, 5.74) is 2.95. The Morgan fingerprint density at radius 2 is 1.57 bits per heavy atom. The van der Waals surface area contributed by atoms with Crippen molar-refractivity contribution in [2.75, 3.05) is 26.7 Å². The van der Waals surface area contributed by atoms with Gasteiger partial charge in [0.1, 0.15) is 0 Å². The minimum atomic E-state index is -0.165. The van der Waals surface area contributed by atoms with Crippen LogP contribution < -0.4 is 5.32 Å².